The summed E-state index contributed by atoms with van der Waals surface area (Å²) in [7, 11) is 3.09. The van der Waals surface area contributed by atoms with E-state index >= 15 is 0 Å². The molecule has 1 aromatic rings. The summed E-state index contributed by atoms with van der Waals surface area (Å²) >= 11 is 0. The number of rotatable bonds is 5. The van der Waals surface area contributed by atoms with Gasteiger partial charge in [-0.2, -0.15) is 0 Å². The number of ether oxygens (including phenoxy) is 1. The number of guanidine groups is 1. The molecule has 1 atom stereocenters. The molecule has 1 unspecified atom stereocenters. The van der Waals surface area contributed by atoms with E-state index in [0.717, 1.165) is 11.5 Å². The molecule has 0 saturated heterocycles. The van der Waals surface area contributed by atoms with Crippen LogP contribution in [0.4, 0.5) is 10.5 Å². The molecule has 7 heteroatoms. The molecule has 23 heavy (non-hydrogen) atoms. The van der Waals surface area contributed by atoms with E-state index in [-0.39, 0.29) is 24.0 Å². The summed E-state index contributed by atoms with van der Waals surface area (Å²) in [5.74, 6) is 1.31. The van der Waals surface area contributed by atoms with Crippen LogP contribution in [0.1, 0.15) is 26.3 Å². The third-order valence-electron chi connectivity index (χ3n) is 3.43. The highest BCUT2D eigenvalue weighted by atomic mass is 127. The highest BCUT2D eigenvalue weighted by Crippen LogP contribution is 2.09. The third-order valence-corrected chi connectivity index (χ3v) is 3.43. The third kappa shape index (κ3) is 8.06. The quantitative estimate of drug-likeness (QED) is 0.378. The molecule has 1 amide bonds. The predicted molar refractivity (Wildman–Crippen MR) is 106 cm³/mol. The number of nitrogens with one attached hydrogen (secondary N) is 3. The van der Waals surface area contributed by atoms with Gasteiger partial charge < -0.3 is 15.4 Å². The summed E-state index contributed by atoms with van der Waals surface area (Å²) in [6.07, 6.45) is -0.474. The Morgan fingerprint density at radius 2 is 1.83 bits per heavy atom. The lowest BCUT2D eigenvalue weighted by atomic mass is 10.1. The monoisotopic (exact) mass is 434 g/mol. The largest absolute Gasteiger partial charge is 0.453 e. The minimum atomic E-state index is -0.474. The first kappa shape index (κ1) is 21.5. The number of halogens is 1. The van der Waals surface area contributed by atoms with Gasteiger partial charge in [0.05, 0.1) is 7.11 Å². The van der Waals surface area contributed by atoms with Crippen LogP contribution in [0.2, 0.25) is 0 Å². The Bertz CT molecular complexity index is 503. The van der Waals surface area contributed by atoms with Crippen molar-refractivity contribution in [3.63, 3.8) is 0 Å². The molecule has 0 heterocycles. The number of amides is 1. The van der Waals surface area contributed by atoms with Crippen molar-refractivity contribution in [1.82, 2.24) is 10.6 Å². The number of hydrogen-bond donors (Lipinski definition) is 3. The fourth-order valence-electron chi connectivity index (χ4n) is 1.64. The van der Waals surface area contributed by atoms with Crippen LogP contribution >= 0.6 is 24.0 Å². The molecule has 0 spiro atoms. The van der Waals surface area contributed by atoms with Crippen molar-refractivity contribution in [1.29, 1.82) is 0 Å². The van der Waals surface area contributed by atoms with Gasteiger partial charge in [-0.15, -0.1) is 24.0 Å². The molecule has 0 aliphatic rings. The maximum absolute atomic E-state index is 11.1. The van der Waals surface area contributed by atoms with E-state index in [2.05, 4.69) is 46.5 Å². The summed E-state index contributed by atoms with van der Waals surface area (Å²) in [5, 5.41) is 9.23. The number of methoxy groups -OCH3 is 1. The van der Waals surface area contributed by atoms with Crippen molar-refractivity contribution < 1.29 is 9.53 Å². The zero-order chi connectivity index (χ0) is 16.5. The van der Waals surface area contributed by atoms with Crippen LogP contribution in [0.3, 0.4) is 0 Å². The average Bonchev–Trinajstić information content (AvgIpc) is 2.52. The Balaban J connectivity index is 0.00000484. The molecule has 0 aliphatic carbocycles. The molecule has 0 fully saturated rings. The van der Waals surface area contributed by atoms with Crippen LogP contribution < -0.4 is 16.0 Å². The SMILES string of the molecule is CN=C(NCc1ccc(NC(=O)OC)cc1)NC(C)C(C)C.I. The summed E-state index contributed by atoms with van der Waals surface area (Å²) in [6.45, 7) is 7.11. The second kappa shape index (κ2) is 11.1. The smallest absolute Gasteiger partial charge is 0.411 e. The number of nitrogens with zero attached hydrogens (tertiary/aromatic N) is 1. The summed E-state index contributed by atoms with van der Waals surface area (Å²) in [4.78, 5) is 15.3. The Morgan fingerprint density at radius 1 is 1.22 bits per heavy atom. The van der Waals surface area contributed by atoms with E-state index < -0.39 is 6.09 Å². The number of anilines is 1. The molecule has 0 aliphatic heterocycles. The molecular weight excluding hydrogens is 407 g/mol. The fraction of sp³-hybridized carbons (Fsp3) is 0.500. The van der Waals surface area contributed by atoms with Gasteiger partial charge in [-0.05, 0) is 30.5 Å². The van der Waals surface area contributed by atoms with Crippen molar-refractivity contribution in [2.45, 2.75) is 33.4 Å². The van der Waals surface area contributed by atoms with Crippen LogP contribution in [0.25, 0.3) is 0 Å². The van der Waals surface area contributed by atoms with Gasteiger partial charge in [0, 0.05) is 25.3 Å². The first-order valence-corrected chi connectivity index (χ1v) is 7.37. The number of aliphatic imine (C=N–C) groups is 1. The van der Waals surface area contributed by atoms with E-state index in [1.807, 2.05) is 24.3 Å². The van der Waals surface area contributed by atoms with Gasteiger partial charge in [-0.25, -0.2) is 4.79 Å². The van der Waals surface area contributed by atoms with Gasteiger partial charge in [0.15, 0.2) is 5.96 Å². The lowest BCUT2D eigenvalue weighted by molar-refractivity contribution is 0.187. The molecule has 1 aromatic carbocycles. The first-order chi connectivity index (χ1) is 10.5. The highest BCUT2D eigenvalue weighted by Gasteiger charge is 2.08. The van der Waals surface area contributed by atoms with Crippen molar-refractivity contribution in [2.75, 3.05) is 19.5 Å². The molecule has 1 rings (SSSR count). The topological polar surface area (TPSA) is 74.8 Å². The molecule has 130 valence electrons. The molecule has 0 aromatic heterocycles. The van der Waals surface area contributed by atoms with Gasteiger partial charge in [-0.1, -0.05) is 26.0 Å². The van der Waals surface area contributed by atoms with Crippen LogP contribution in [-0.4, -0.2) is 32.3 Å². The normalized spacial score (nSPS) is 12.2. The minimum Gasteiger partial charge on any atom is -0.453 e. The summed E-state index contributed by atoms with van der Waals surface area (Å²) in [6, 6.07) is 7.90. The van der Waals surface area contributed by atoms with Crippen LogP contribution in [0.15, 0.2) is 29.3 Å². The van der Waals surface area contributed by atoms with Crippen LogP contribution in [0, 0.1) is 5.92 Å². The maximum Gasteiger partial charge on any atom is 0.411 e. The van der Waals surface area contributed by atoms with Gasteiger partial charge in [0.2, 0.25) is 0 Å². The van der Waals surface area contributed by atoms with E-state index in [0.29, 0.717) is 24.2 Å². The van der Waals surface area contributed by atoms with E-state index in [1.54, 1.807) is 7.05 Å². The maximum atomic E-state index is 11.1. The molecule has 3 N–H and O–H groups in total. The van der Waals surface area contributed by atoms with E-state index in [1.165, 1.54) is 7.11 Å². The van der Waals surface area contributed by atoms with E-state index in [4.69, 9.17) is 0 Å². The summed E-state index contributed by atoms with van der Waals surface area (Å²) in [5.41, 5.74) is 1.79. The lowest BCUT2D eigenvalue weighted by Gasteiger charge is -2.20. The molecule has 0 saturated carbocycles. The molecule has 0 radical (unpaired) electrons. The van der Waals surface area contributed by atoms with Crippen molar-refractivity contribution in [2.24, 2.45) is 10.9 Å². The zero-order valence-corrected chi connectivity index (χ0v) is 16.7. The molecule has 6 nitrogen and oxygen atoms in total. The predicted octanol–water partition coefficient (Wildman–Crippen LogP) is 3.19. The summed E-state index contributed by atoms with van der Waals surface area (Å²) < 4.78 is 4.55. The second-order valence-corrected chi connectivity index (χ2v) is 5.42. The van der Waals surface area contributed by atoms with Gasteiger partial charge in [0.1, 0.15) is 0 Å². The highest BCUT2D eigenvalue weighted by molar-refractivity contribution is 14.0. The van der Waals surface area contributed by atoms with Crippen molar-refractivity contribution in [3.05, 3.63) is 29.8 Å². The van der Waals surface area contributed by atoms with Crippen molar-refractivity contribution in [3.8, 4) is 0 Å². The number of carbonyl (C=O) groups is 1. The first-order valence-electron chi connectivity index (χ1n) is 7.37. The van der Waals surface area contributed by atoms with Gasteiger partial charge in [0.25, 0.3) is 0 Å². The second-order valence-electron chi connectivity index (χ2n) is 5.42. The van der Waals surface area contributed by atoms with Crippen LogP contribution in [-0.2, 0) is 11.3 Å². The molecule has 0 bridgehead atoms. The fourth-order valence-corrected chi connectivity index (χ4v) is 1.64. The number of benzene rings is 1. The lowest BCUT2D eigenvalue weighted by Crippen LogP contribution is -2.43. The average molecular weight is 434 g/mol. The minimum absolute atomic E-state index is 0. The van der Waals surface area contributed by atoms with Crippen molar-refractivity contribution >= 4 is 41.7 Å². The Kier molecular flexibility index (Phi) is 10.4. The molecular formula is C16H27IN4O2. The van der Waals surface area contributed by atoms with Gasteiger partial charge >= 0.3 is 6.09 Å². The van der Waals surface area contributed by atoms with Crippen LogP contribution in [0.5, 0.6) is 0 Å². The standard InChI is InChI=1S/C16H26N4O2.HI/c1-11(2)12(3)19-15(17-4)18-10-13-6-8-14(9-7-13)20-16(21)22-5;/h6-9,11-12H,10H2,1-5H3,(H,20,21)(H2,17,18,19);1H. The van der Waals surface area contributed by atoms with Gasteiger partial charge in [-0.3, -0.25) is 10.3 Å². The Hall–Kier alpha value is -1.51. The number of hydrogen-bond acceptors (Lipinski definition) is 3. The van der Waals surface area contributed by atoms with E-state index in [9.17, 15) is 4.79 Å². The number of carbonyl (C=O) groups excluding carboxylic acids is 1. The Morgan fingerprint density at radius 3 is 2.30 bits per heavy atom. The zero-order valence-electron chi connectivity index (χ0n) is 14.3. The Labute approximate surface area is 155 Å².